The summed E-state index contributed by atoms with van der Waals surface area (Å²) in [6.45, 7) is 0. The first-order valence-corrected chi connectivity index (χ1v) is 7.64. The van der Waals surface area contributed by atoms with Crippen molar-refractivity contribution >= 4 is 21.6 Å². The number of hydrogen-bond donors (Lipinski definition) is 0. The first-order chi connectivity index (χ1) is 8.18. The molecule has 3 nitrogen and oxygen atoms in total. The van der Waals surface area contributed by atoms with Gasteiger partial charge in [-0.25, -0.2) is 13.4 Å². The van der Waals surface area contributed by atoms with E-state index in [9.17, 15) is 8.42 Å². The minimum absolute atomic E-state index is 0.00796. The summed E-state index contributed by atoms with van der Waals surface area (Å²) in [5, 5.41) is 0.723. The van der Waals surface area contributed by atoms with Crippen LogP contribution in [0.15, 0.2) is 64.6 Å². The molecule has 0 spiro atoms. The van der Waals surface area contributed by atoms with Crippen LogP contribution in [0.3, 0.4) is 0 Å². The molecule has 0 aliphatic carbocycles. The minimum Gasteiger partial charge on any atom is -0.250 e. The number of sulfone groups is 1. The fourth-order valence-corrected chi connectivity index (χ4v) is 3.80. The van der Waals surface area contributed by atoms with Crippen LogP contribution in [-0.4, -0.2) is 18.5 Å². The molecule has 17 heavy (non-hydrogen) atoms. The molecule has 0 unspecified atom stereocenters. The Hall–Kier alpha value is -1.33. The van der Waals surface area contributed by atoms with Gasteiger partial charge in [0.1, 0.15) is 5.08 Å². The largest absolute Gasteiger partial charge is 0.250 e. The van der Waals surface area contributed by atoms with Crippen molar-refractivity contribution in [2.75, 3.05) is 5.08 Å². The van der Waals surface area contributed by atoms with Crippen molar-refractivity contribution in [1.82, 2.24) is 4.98 Å². The van der Waals surface area contributed by atoms with E-state index in [4.69, 9.17) is 0 Å². The number of rotatable bonds is 4. The van der Waals surface area contributed by atoms with Crippen LogP contribution in [-0.2, 0) is 9.84 Å². The molecule has 0 bridgehead atoms. The van der Waals surface area contributed by atoms with E-state index in [-0.39, 0.29) is 5.08 Å². The van der Waals surface area contributed by atoms with E-state index < -0.39 is 9.84 Å². The van der Waals surface area contributed by atoms with Crippen LogP contribution in [0.5, 0.6) is 0 Å². The third-order valence-electron chi connectivity index (χ3n) is 2.10. The molecule has 1 aromatic heterocycles. The summed E-state index contributed by atoms with van der Waals surface area (Å²) < 4.78 is 23.9. The lowest BCUT2D eigenvalue weighted by Gasteiger charge is -2.03. The average molecular weight is 265 g/mol. The Morgan fingerprint density at radius 3 is 2.35 bits per heavy atom. The molecule has 2 aromatic rings. The molecule has 1 aromatic carbocycles. The van der Waals surface area contributed by atoms with E-state index in [1.165, 1.54) is 11.8 Å². The highest BCUT2D eigenvalue weighted by Crippen LogP contribution is 2.21. The van der Waals surface area contributed by atoms with Gasteiger partial charge in [-0.3, -0.25) is 0 Å². The summed E-state index contributed by atoms with van der Waals surface area (Å²) in [7, 11) is -3.24. The van der Waals surface area contributed by atoms with Crippen LogP contribution < -0.4 is 0 Å². The van der Waals surface area contributed by atoms with Crippen LogP contribution in [0.1, 0.15) is 0 Å². The number of thioether (sulfide) groups is 1. The molecule has 5 heteroatoms. The lowest BCUT2D eigenvalue weighted by molar-refractivity contribution is 0.601. The Labute approximate surface area is 105 Å². The molecule has 1 heterocycles. The van der Waals surface area contributed by atoms with E-state index in [1.807, 2.05) is 6.07 Å². The summed E-state index contributed by atoms with van der Waals surface area (Å²) in [5.74, 6) is 0. The lowest BCUT2D eigenvalue weighted by atomic mass is 10.4. The quantitative estimate of drug-likeness (QED) is 0.797. The molecule has 0 amide bonds. The molecule has 0 saturated heterocycles. The molecular weight excluding hydrogens is 254 g/mol. The third kappa shape index (κ3) is 3.31. The van der Waals surface area contributed by atoms with Crippen LogP contribution in [0.25, 0.3) is 0 Å². The predicted octanol–water partition coefficient (Wildman–Crippen LogP) is 2.61. The number of aromatic nitrogens is 1. The van der Waals surface area contributed by atoms with Gasteiger partial charge in [0.15, 0.2) is 9.84 Å². The SMILES string of the molecule is O=S(=O)(CSc1ccccn1)c1ccccc1. The zero-order chi connectivity index (χ0) is 12.1. The number of hydrogen-bond acceptors (Lipinski definition) is 4. The molecule has 0 atom stereocenters. The highest BCUT2D eigenvalue weighted by Gasteiger charge is 2.14. The Balaban J connectivity index is 2.09. The van der Waals surface area contributed by atoms with E-state index in [0.717, 1.165) is 0 Å². The van der Waals surface area contributed by atoms with Crippen molar-refractivity contribution in [1.29, 1.82) is 0 Å². The first kappa shape index (κ1) is 12.1. The monoisotopic (exact) mass is 265 g/mol. The van der Waals surface area contributed by atoms with E-state index >= 15 is 0 Å². The van der Waals surface area contributed by atoms with E-state index in [2.05, 4.69) is 4.98 Å². The normalized spacial score (nSPS) is 11.3. The van der Waals surface area contributed by atoms with Gasteiger partial charge in [-0.15, -0.1) is 0 Å². The Bertz CT molecular complexity index is 568. The summed E-state index contributed by atoms with van der Waals surface area (Å²) in [6.07, 6.45) is 1.65. The maximum Gasteiger partial charge on any atom is 0.188 e. The second kappa shape index (κ2) is 5.33. The summed E-state index contributed by atoms with van der Waals surface area (Å²) in [6, 6.07) is 13.9. The zero-order valence-electron chi connectivity index (χ0n) is 8.98. The fourth-order valence-electron chi connectivity index (χ4n) is 1.27. The van der Waals surface area contributed by atoms with Crippen molar-refractivity contribution in [2.45, 2.75) is 9.92 Å². The Kier molecular flexibility index (Phi) is 3.81. The summed E-state index contributed by atoms with van der Waals surface area (Å²) in [4.78, 5) is 4.42. The van der Waals surface area contributed by atoms with Gasteiger partial charge in [-0.05, 0) is 24.3 Å². The van der Waals surface area contributed by atoms with Gasteiger partial charge in [-0.2, -0.15) is 0 Å². The molecule has 0 N–H and O–H groups in total. The third-order valence-corrected chi connectivity index (χ3v) is 5.34. The number of benzene rings is 1. The molecule has 88 valence electrons. The Morgan fingerprint density at radius 1 is 1.00 bits per heavy atom. The van der Waals surface area contributed by atoms with Crippen molar-refractivity contribution in [3.8, 4) is 0 Å². The van der Waals surface area contributed by atoms with Crippen LogP contribution in [0, 0.1) is 0 Å². The van der Waals surface area contributed by atoms with Gasteiger partial charge in [0.05, 0.1) is 9.92 Å². The molecule has 0 aliphatic rings. The Morgan fingerprint density at radius 2 is 1.71 bits per heavy atom. The summed E-state index contributed by atoms with van der Waals surface area (Å²) in [5.41, 5.74) is 0. The zero-order valence-corrected chi connectivity index (χ0v) is 10.6. The average Bonchev–Trinajstić information content (AvgIpc) is 2.39. The molecule has 0 radical (unpaired) electrons. The van der Waals surface area contributed by atoms with Crippen molar-refractivity contribution in [3.05, 3.63) is 54.7 Å². The van der Waals surface area contributed by atoms with Gasteiger partial charge in [0, 0.05) is 6.20 Å². The highest BCUT2D eigenvalue weighted by molar-refractivity contribution is 8.12. The van der Waals surface area contributed by atoms with Crippen LogP contribution >= 0.6 is 11.8 Å². The smallest absolute Gasteiger partial charge is 0.188 e. The van der Waals surface area contributed by atoms with Crippen molar-refractivity contribution in [2.24, 2.45) is 0 Å². The van der Waals surface area contributed by atoms with Crippen LogP contribution in [0.2, 0.25) is 0 Å². The molecule has 0 fully saturated rings. The topological polar surface area (TPSA) is 47.0 Å². The maximum atomic E-state index is 12.0. The van der Waals surface area contributed by atoms with Crippen molar-refractivity contribution in [3.63, 3.8) is 0 Å². The van der Waals surface area contributed by atoms with Crippen molar-refractivity contribution < 1.29 is 8.42 Å². The minimum atomic E-state index is -3.24. The van der Waals surface area contributed by atoms with Crippen LogP contribution in [0.4, 0.5) is 0 Å². The molecule has 0 saturated carbocycles. The van der Waals surface area contributed by atoms with E-state index in [1.54, 1.807) is 48.7 Å². The second-order valence-electron chi connectivity index (χ2n) is 3.36. The van der Waals surface area contributed by atoms with Gasteiger partial charge < -0.3 is 0 Å². The first-order valence-electron chi connectivity index (χ1n) is 5.00. The summed E-state index contributed by atoms with van der Waals surface area (Å²) >= 11 is 1.22. The van der Waals surface area contributed by atoms with Gasteiger partial charge >= 0.3 is 0 Å². The molecule has 0 aliphatic heterocycles. The van der Waals surface area contributed by atoms with Gasteiger partial charge in [-0.1, -0.05) is 36.0 Å². The second-order valence-corrected chi connectivity index (χ2v) is 6.71. The number of nitrogens with zero attached hydrogens (tertiary/aromatic N) is 1. The van der Waals surface area contributed by atoms with E-state index in [0.29, 0.717) is 9.92 Å². The molecule has 2 rings (SSSR count). The van der Waals surface area contributed by atoms with Gasteiger partial charge in [0.25, 0.3) is 0 Å². The van der Waals surface area contributed by atoms with Gasteiger partial charge in [0.2, 0.25) is 0 Å². The number of pyridine rings is 1. The predicted molar refractivity (Wildman–Crippen MR) is 68.6 cm³/mol. The standard InChI is InChI=1S/C12H11NO2S2/c14-17(15,11-6-2-1-3-7-11)10-16-12-8-4-5-9-13-12/h1-9H,10H2. The molecular formula is C12H11NO2S2. The fraction of sp³-hybridized carbons (Fsp3) is 0.0833. The lowest BCUT2D eigenvalue weighted by Crippen LogP contribution is -2.03. The highest BCUT2D eigenvalue weighted by atomic mass is 32.3. The maximum absolute atomic E-state index is 12.0.